The number of halogens is 1. The molecular weight excluding hydrogens is 564 g/mol. The molecule has 3 aromatic carbocycles. The molecule has 5 rings (SSSR count). The molecule has 1 aliphatic rings. The number of allylic oxidation sites excluding steroid dienone is 1. The van der Waals surface area contributed by atoms with Crippen LogP contribution >= 0.6 is 27.3 Å². The molecule has 1 aromatic heterocycles. The molecule has 0 radical (unpaired) electrons. The average molecular weight is 590 g/mol. The SMILES string of the molecule is CCC1=C(C(=O)OC)[C@@H](c2ccccc2)n2c(s/c(=C\c3cc(Br)ccc3OCc3ccccc3)c2=O)=N1. The van der Waals surface area contributed by atoms with Crippen molar-refractivity contribution in [2.45, 2.75) is 26.0 Å². The summed E-state index contributed by atoms with van der Waals surface area (Å²) in [5.74, 6) is 0.171. The van der Waals surface area contributed by atoms with Gasteiger partial charge in [0.1, 0.15) is 12.4 Å². The molecule has 0 aliphatic carbocycles. The summed E-state index contributed by atoms with van der Waals surface area (Å²) < 4.78 is 14.2. The zero-order chi connectivity index (χ0) is 26.6. The van der Waals surface area contributed by atoms with E-state index >= 15 is 0 Å². The smallest absolute Gasteiger partial charge is 0.338 e. The standard InChI is InChI=1S/C30H25BrN2O4S/c1-3-23-26(29(35)36-2)27(20-12-8-5-9-13-20)33-28(34)25(38-30(33)32-23)17-21-16-22(31)14-15-24(21)37-18-19-10-6-4-7-11-19/h4-17,27H,3,18H2,1-2H3/b25-17-/t27-/m1/s1. The van der Waals surface area contributed by atoms with Gasteiger partial charge < -0.3 is 9.47 Å². The van der Waals surface area contributed by atoms with Crippen molar-refractivity contribution >= 4 is 39.3 Å². The molecule has 2 heterocycles. The van der Waals surface area contributed by atoms with Crippen molar-refractivity contribution in [1.29, 1.82) is 0 Å². The van der Waals surface area contributed by atoms with E-state index in [1.54, 1.807) is 4.57 Å². The monoisotopic (exact) mass is 588 g/mol. The number of hydrogen-bond acceptors (Lipinski definition) is 6. The molecule has 1 atom stereocenters. The second-order valence-electron chi connectivity index (χ2n) is 8.66. The fourth-order valence-corrected chi connectivity index (χ4v) is 5.84. The lowest BCUT2D eigenvalue weighted by molar-refractivity contribution is -0.136. The number of thiazole rings is 1. The topological polar surface area (TPSA) is 69.9 Å². The van der Waals surface area contributed by atoms with Gasteiger partial charge in [-0.05, 0) is 41.8 Å². The Bertz CT molecular complexity index is 1690. The number of fused-ring (bicyclic) bond motifs is 1. The maximum absolute atomic E-state index is 13.9. The minimum atomic E-state index is -0.631. The van der Waals surface area contributed by atoms with Crippen LogP contribution in [0.15, 0.2) is 104 Å². The van der Waals surface area contributed by atoms with Crippen molar-refractivity contribution < 1.29 is 14.3 Å². The van der Waals surface area contributed by atoms with Crippen molar-refractivity contribution in [3.8, 4) is 5.75 Å². The van der Waals surface area contributed by atoms with E-state index in [4.69, 9.17) is 14.5 Å². The van der Waals surface area contributed by atoms with Crippen molar-refractivity contribution in [3.05, 3.63) is 131 Å². The van der Waals surface area contributed by atoms with Crippen molar-refractivity contribution in [1.82, 2.24) is 4.57 Å². The summed E-state index contributed by atoms with van der Waals surface area (Å²) in [4.78, 5) is 32.1. The highest BCUT2D eigenvalue weighted by atomic mass is 79.9. The summed E-state index contributed by atoms with van der Waals surface area (Å²) in [6.07, 6.45) is 2.35. The van der Waals surface area contributed by atoms with Crippen molar-refractivity contribution in [3.63, 3.8) is 0 Å². The lowest BCUT2D eigenvalue weighted by atomic mass is 9.95. The molecule has 0 saturated heterocycles. The van der Waals surface area contributed by atoms with E-state index in [9.17, 15) is 9.59 Å². The van der Waals surface area contributed by atoms with Crippen LogP contribution in [0.25, 0.3) is 6.08 Å². The second kappa shape index (κ2) is 11.3. The number of ether oxygens (including phenoxy) is 2. The van der Waals surface area contributed by atoms with E-state index in [1.165, 1.54) is 18.4 Å². The Hall–Kier alpha value is -3.75. The molecule has 0 saturated carbocycles. The van der Waals surface area contributed by atoms with Crippen molar-refractivity contribution in [2.75, 3.05) is 7.11 Å². The van der Waals surface area contributed by atoms with Crippen LogP contribution in [0, 0.1) is 0 Å². The summed E-state index contributed by atoms with van der Waals surface area (Å²) in [6.45, 7) is 2.34. The fraction of sp³-hybridized carbons (Fsp3) is 0.167. The van der Waals surface area contributed by atoms with E-state index in [1.807, 2.05) is 91.9 Å². The van der Waals surface area contributed by atoms with Crippen LogP contribution in [0.2, 0.25) is 0 Å². The van der Waals surface area contributed by atoms with Gasteiger partial charge in [-0.1, -0.05) is 94.9 Å². The molecule has 4 aromatic rings. The van der Waals surface area contributed by atoms with Gasteiger partial charge in [-0.15, -0.1) is 0 Å². The highest BCUT2D eigenvalue weighted by Crippen LogP contribution is 2.32. The van der Waals surface area contributed by atoms with Crippen LogP contribution in [0.1, 0.15) is 36.1 Å². The Morgan fingerprint density at radius 1 is 1.08 bits per heavy atom. The van der Waals surface area contributed by atoms with E-state index in [2.05, 4.69) is 15.9 Å². The molecule has 38 heavy (non-hydrogen) atoms. The Labute approximate surface area is 232 Å². The summed E-state index contributed by atoms with van der Waals surface area (Å²) in [6, 6.07) is 24.5. The van der Waals surface area contributed by atoms with Crippen LogP contribution in [0.5, 0.6) is 5.75 Å². The Morgan fingerprint density at radius 2 is 1.79 bits per heavy atom. The molecule has 0 amide bonds. The number of nitrogens with zero attached hydrogens (tertiary/aromatic N) is 2. The highest BCUT2D eigenvalue weighted by molar-refractivity contribution is 9.10. The lowest BCUT2D eigenvalue weighted by Crippen LogP contribution is -2.40. The number of hydrogen-bond donors (Lipinski definition) is 0. The number of aromatic nitrogens is 1. The third-order valence-corrected chi connectivity index (χ3v) is 7.74. The number of carbonyl (C=O) groups is 1. The Balaban J connectivity index is 1.65. The largest absolute Gasteiger partial charge is 0.488 e. The molecule has 0 bridgehead atoms. The minimum Gasteiger partial charge on any atom is -0.488 e. The first-order valence-electron chi connectivity index (χ1n) is 12.1. The van der Waals surface area contributed by atoms with Crippen molar-refractivity contribution in [2.24, 2.45) is 4.99 Å². The van der Waals surface area contributed by atoms with Gasteiger partial charge in [0.05, 0.1) is 29.0 Å². The summed E-state index contributed by atoms with van der Waals surface area (Å²) in [7, 11) is 1.35. The van der Waals surface area contributed by atoms with Gasteiger partial charge in [0.15, 0.2) is 4.80 Å². The molecule has 6 nitrogen and oxygen atoms in total. The maximum atomic E-state index is 13.9. The van der Waals surface area contributed by atoms with E-state index < -0.39 is 12.0 Å². The third-order valence-electron chi connectivity index (χ3n) is 6.26. The second-order valence-corrected chi connectivity index (χ2v) is 10.6. The number of benzene rings is 3. The van der Waals surface area contributed by atoms with Gasteiger partial charge in [-0.2, -0.15) is 0 Å². The minimum absolute atomic E-state index is 0.229. The summed E-state index contributed by atoms with van der Waals surface area (Å²) in [5.41, 5.74) is 3.40. The molecule has 0 fully saturated rings. The molecule has 1 aliphatic heterocycles. The van der Waals surface area contributed by atoms with Crippen LogP contribution in [0.3, 0.4) is 0 Å². The third kappa shape index (κ3) is 5.14. The average Bonchev–Trinajstić information content (AvgIpc) is 3.26. The lowest BCUT2D eigenvalue weighted by Gasteiger charge is -2.25. The number of carbonyl (C=O) groups excluding carboxylic acids is 1. The zero-order valence-electron chi connectivity index (χ0n) is 20.9. The molecule has 8 heteroatoms. The number of rotatable bonds is 7. The van der Waals surface area contributed by atoms with E-state index in [-0.39, 0.29) is 5.56 Å². The summed E-state index contributed by atoms with van der Waals surface area (Å²) >= 11 is 4.83. The molecule has 0 N–H and O–H groups in total. The molecule has 0 spiro atoms. The van der Waals surface area contributed by atoms with Gasteiger partial charge in [0.25, 0.3) is 5.56 Å². The van der Waals surface area contributed by atoms with Crippen LogP contribution < -0.4 is 19.6 Å². The van der Waals surface area contributed by atoms with Gasteiger partial charge in [-0.25, -0.2) is 9.79 Å². The van der Waals surface area contributed by atoms with Crippen LogP contribution in [0.4, 0.5) is 0 Å². The fourth-order valence-electron chi connectivity index (χ4n) is 4.46. The van der Waals surface area contributed by atoms with Gasteiger partial charge in [0.2, 0.25) is 0 Å². The number of esters is 1. The quantitative estimate of drug-likeness (QED) is 0.280. The number of methoxy groups -OCH3 is 1. The molecular formula is C30H25BrN2O4S. The zero-order valence-corrected chi connectivity index (χ0v) is 23.3. The summed E-state index contributed by atoms with van der Waals surface area (Å²) in [5, 5.41) is 0. The maximum Gasteiger partial charge on any atom is 0.338 e. The van der Waals surface area contributed by atoms with Gasteiger partial charge >= 0.3 is 5.97 Å². The first-order valence-corrected chi connectivity index (χ1v) is 13.8. The first-order chi connectivity index (χ1) is 18.5. The van der Waals surface area contributed by atoms with Crippen LogP contribution in [-0.4, -0.2) is 17.6 Å². The Kier molecular flexibility index (Phi) is 7.72. The normalized spacial score (nSPS) is 15.1. The predicted octanol–water partition coefficient (Wildman–Crippen LogP) is 5.14. The predicted molar refractivity (Wildman–Crippen MR) is 152 cm³/mol. The first kappa shape index (κ1) is 25.9. The highest BCUT2D eigenvalue weighted by Gasteiger charge is 2.33. The van der Waals surface area contributed by atoms with E-state index in [0.29, 0.717) is 39.4 Å². The molecule has 0 unspecified atom stereocenters. The van der Waals surface area contributed by atoms with E-state index in [0.717, 1.165) is 21.2 Å². The van der Waals surface area contributed by atoms with Gasteiger partial charge in [-0.3, -0.25) is 9.36 Å². The molecule has 192 valence electrons. The van der Waals surface area contributed by atoms with Crippen LogP contribution in [-0.2, 0) is 16.1 Å². The van der Waals surface area contributed by atoms with Gasteiger partial charge in [0, 0.05) is 10.0 Å². The Morgan fingerprint density at radius 3 is 2.47 bits per heavy atom.